The van der Waals surface area contributed by atoms with E-state index in [1.54, 1.807) is 0 Å². The van der Waals surface area contributed by atoms with Gasteiger partial charge < -0.3 is 0 Å². The zero-order valence-electron chi connectivity index (χ0n) is 11.4. The van der Waals surface area contributed by atoms with E-state index in [1.807, 2.05) is 32.0 Å². The number of hydrogen-bond donors (Lipinski definition) is 0. The molecule has 0 heterocycles. The molecule has 1 unspecified atom stereocenters. The van der Waals surface area contributed by atoms with E-state index in [2.05, 4.69) is 0 Å². The summed E-state index contributed by atoms with van der Waals surface area (Å²) in [6, 6.07) is 11.0. The van der Waals surface area contributed by atoms with E-state index < -0.39 is 16.6 Å². The van der Waals surface area contributed by atoms with Crippen molar-refractivity contribution in [2.45, 2.75) is 18.7 Å². The van der Waals surface area contributed by atoms with Gasteiger partial charge in [-0.25, -0.2) is 4.39 Å². The van der Waals surface area contributed by atoms with E-state index in [-0.39, 0.29) is 11.5 Å². The lowest BCUT2D eigenvalue weighted by molar-refractivity contribution is 0.102. The van der Waals surface area contributed by atoms with Crippen LogP contribution in [0.4, 0.5) is 4.39 Å². The number of carbonyl (C=O) groups is 1. The Balaban J connectivity index is 2.17. The Hall–Kier alpha value is -1.81. The van der Waals surface area contributed by atoms with Crippen molar-refractivity contribution in [1.82, 2.24) is 0 Å². The van der Waals surface area contributed by atoms with Crippen LogP contribution < -0.4 is 0 Å². The number of hydrogen-bond acceptors (Lipinski definition) is 2. The molecule has 4 heteroatoms. The standard InChI is InChI=1S/C16H15FO2S/c1-11-3-4-12(2)16(9-11)20(19)10-15(18)13-5-7-14(17)8-6-13/h3-9H,10H2,1-2H3. The normalized spacial score (nSPS) is 12.2. The Kier molecular flexibility index (Phi) is 4.45. The predicted molar refractivity (Wildman–Crippen MR) is 77.9 cm³/mol. The topological polar surface area (TPSA) is 34.1 Å². The van der Waals surface area contributed by atoms with Gasteiger partial charge >= 0.3 is 0 Å². The number of benzene rings is 2. The highest BCUT2D eigenvalue weighted by molar-refractivity contribution is 7.85. The monoisotopic (exact) mass is 290 g/mol. The molecule has 0 aromatic heterocycles. The van der Waals surface area contributed by atoms with Crippen LogP contribution in [0, 0.1) is 19.7 Å². The van der Waals surface area contributed by atoms with Crippen molar-refractivity contribution < 1.29 is 13.4 Å². The van der Waals surface area contributed by atoms with Crippen molar-refractivity contribution in [2.75, 3.05) is 5.75 Å². The highest BCUT2D eigenvalue weighted by atomic mass is 32.2. The van der Waals surface area contributed by atoms with E-state index >= 15 is 0 Å². The van der Waals surface area contributed by atoms with Crippen molar-refractivity contribution in [2.24, 2.45) is 0 Å². The minimum Gasteiger partial charge on any atom is -0.293 e. The van der Waals surface area contributed by atoms with E-state index in [0.717, 1.165) is 11.1 Å². The summed E-state index contributed by atoms with van der Waals surface area (Å²) in [5.41, 5.74) is 2.29. The van der Waals surface area contributed by atoms with E-state index in [1.165, 1.54) is 24.3 Å². The summed E-state index contributed by atoms with van der Waals surface area (Å²) in [6.07, 6.45) is 0. The third-order valence-corrected chi connectivity index (χ3v) is 4.47. The average Bonchev–Trinajstić information content (AvgIpc) is 2.42. The maximum absolute atomic E-state index is 12.8. The van der Waals surface area contributed by atoms with Gasteiger partial charge in [-0.15, -0.1) is 0 Å². The van der Waals surface area contributed by atoms with Gasteiger partial charge in [-0.3, -0.25) is 9.00 Å². The van der Waals surface area contributed by atoms with Crippen LogP contribution in [0.5, 0.6) is 0 Å². The van der Waals surface area contributed by atoms with Gasteiger partial charge in [0.15, 0.2) is 5.78 Å². The second kappa shape index (κ2) is 6.09. The first kappa shape index (κ1) is 14.6. The first-order valence-electron chi connectivity index (χ1n) is 6.22. The van der Waals surface area contributed by atoms with Gasteiger partial charge in [0.05, 0.1) is 16.6 Å². The second-order valence-electron chi connectivity index (χ2n) is 4.69. The molecule has 0 bridgehead atoms. The van der Waals surface area contributed by atoms with Gasteiger partial charge in [-0.05, 0) is 55.3 Å². The number of rotatable bonds is 4. The van der Waals surface area contributed by atoms with Crippen LogP contribution in [0.1, 0.15) is 21.5 Å². The summed E-state index contributed by atoms with van der Waals surface area (Å²) in [7, 11) is -1.38. The largest absolute Gasteiger partial charge is 0.293 e. The molecular formula is C16H15FO2S. The molecule has 1 atom stereocenters. The average molecular weight is 290 g/mol. The molecule has 0 N–H and O–H groups in total. The van der Waals surface area contributed by atoms with E-state index in [9.17, 15) is 13.4 Å². The highest BCUT2D eigenvalue weighted by Gasteiger charge is 2.14. The molecule has 2 aromatic carbocycles. The highest BCUT2D eigenvalue weighted by Crippen LogP contribution is 2.16. The number of Topliss-reactive ketones (excluding diaryl/α,β-unsaturated/α-hetero) is 1. The third-order valence-electron chi connectivity index (χ3n) is 3.02. The minimum atomic E-state index is -1.38. The molecule has 0 aliphatic heterocycles. The first-order chi connectivity index (χ1) is 9.47. The lowest BCUT2D eigenvalue weighted by Crippen LogP contribution is -2.12. The molecule has 2 aromatic rings. The third kappa shape index (κ3) is 3.39. The fourth-order valence-electron chi connectivity index (χ4n) is 1.87. The number of aryl methyl sites for hydroxylation is 2. The van der Waals surface area contributed by atoms with Crippen molar-refractivity contribution in [3.63, 3.8) is 0 Å². The number of halogens is 1. The summed E-state index contributed by atoms with van der Waals surface area (Å²) < 4.78 is 25.1. The Morgan fingerprint density at radius 1 is 1.10 bits per heavy atom. The summed E-state index contributed by atoms with van der Waals surface area (Å²) >= 11 is 0. The Labute approximate surface area is 120 Å². The van der Waals surface area contributed by atoms with Gasteiger partial charge in [-0.2, -0.15) is 0 Å². The lowest BCUT2D eigenvalue weighted by Gasteiger charge is -2.07. The second-order valence-corrected chi connectivity index (χ2v) is 6.11. The summed E-state index contributed by atoms with van der Waals surface area (Å²) in [6.45, 7) is 3.79. The van der Waals surface area contributed by atoms with Crippen LogP contribution in [-0.4, -0.2) is 15.7 Å². The fraction of sp³-hybridized carbons (Fsp3) is 0.188. The quantitative estimate of drug-likeness (QED) is 0.808. The van der Waals surface area contributed by atoms with Crippen LogP contribution in [0.15, 0.2) is 47.4 Å². The fourth-order valence-corrected chi connectivity index (χ4v) is 3.17. The molecule has 0 amide bonds. The zero-order chi connectivity index (χ0) is 14.7. The minimum absolute atomic E-state index is 0.0874. The van der Waals surface area contributed by atoms with Gasteiger partial charge in [0.1, 0.15) is 5.82 Å². The molecule has 0 fully saturated rings. The molecule has 0 spiro atoms. The van der Waals surface area contributed by atoms with Crippen molar-refractivity contribution in [3.8, 4) is 0 Å². The van der Waals surface area contributed by atoms with E-state index in [0.29, 0.717) is 10.5 Å². The zero-order valence-corrected chi connectivity index (χ0v) is 12.2. The molecule has 2 rings (SSSR count). The van der Waals surface area contributed by atoms with Gasteiger partial charge in [0.25, 0.3) is 0 Å². The van der Waals surface area contributed by atoms with Crippen LogP contribution in [-0.2, 0) is 10.8 Å². The maximum Gasteiger partial charge on any atom is 0.175 e. The van der Waals surface area contributed by atoms with Gasteiger partial charge in [0.2, 0.25) is 0 Å². The molecular weight excluding hydrogens is 275 g/mol. The van der Waals surface area contributed by atoms with Crippen molar-refractivity contribution in [3.05, 3.63) is 65.0 Å². The van der Waals surface area contributed by atoms with Gasteiger partial charge in [0, 0.05) is 10.5 Å². The molecule has 2 nitrogen and oxygen atoms in total. The maximum atomic E-state index is 12.8. The number of carbonyl (C=O) groups excluding carboxylic acids is 1. The van der Waals surface area contributed by atoms with Gasteiger partial charge in [-0.1, -0.05) is 12.1 Å². The molecule has 20 heavy (non-hydrogen) atoms. The lowest BCUT2D eigenvalue weighted by atomic mass is 10.1. The van der Waals surface area contributed by atoms with Crippen LogP contribution >= 0.6 is 0 Å². The summed E-state index contributed by atoms with van der Waals surface area (Å²) in [5, 5.41) is 0. The molecule has 0 aliphatic carbocycles. The first-order valence-corrected chi connectivity index (χ1v) is 7.53. The predicted octanol–water partition coefficient (Wildman–Crippen LogP) is 3.43. The smallest absolute Gasteiger partial charge is 0.175 e. The Morgan fingerprint density at radius 3 is 2.40 bits per heavy atom. The van der Waals surface area contributed by atoms with Crippen LogP contribution in [0.3, 0.4) is 0 Å². The molecule has 104 valence electrons. The molecule has 0 saturated heterocycles. The van der Waals surface area contributed by atoms with Crippen LogP contribution in [0.2, 0.25) is 0 Å². The summed E-state index contributed by atoms with van der Waals surface area (Å²) in [4.78, 5) is 12.7. The van der Waals surface area contributed by atoms with Crippen LogP contribution in [0.25, 0.3) is 0 Å². The van der Waals surface area contributed by atoms with Crippen molar-refractivity contribution in [1.29, 1.82) is 0 Å². The molecule has 0 radical (unpaired) electrons. The van der Waals surface area contributed by atoms with Crippen molar-refractivity contribution >= 4 is 16.6 Å². The van der Waals surface area contributed by atoms with E-state index in [4.69, 9.17) is 0 Å². The summed E-state index contributed by atoms with van der Waals surface area (Å²) in [5.74, 6) is -0.725. The SMILES string of the molecule is Cc1ccc(C)c(S(=O)CC(=O)c2ccc(F)cc2)c1. The molecule has 0 saturated carbocycles. The number of ketones is 1. The Bertz CT molecular complexity index is 663. The molecule has 0 aliphatic rings. The Morgan fingerprint density at radius 2 is 1.75 bits per heavy atom.